The zero-order chi connectivity index (χ0) is 8.97. The number of rotatable bonds is 2. The highest BCUT2D eigenvalue weighted by molar-refractivity contribution is 5.83. The Morgan fingerprint density at radius 3 is 2.75 bits per heavy atom. The second-order valence-electron chi connectivity index (χ2n) is 3.07. The first-order valence-electron chi connectivity index (χ1n) is 4.11. The molecule has 0 aromatic rings. The van der Waals surface area contributed by atoms with Crippen LogP contribution in [-0.2, 0) is 0 Å². The topological polar surface area (TPSA) is 53.6 Å². The predicted molar refractivity (Wildman–Crippen MR) is 50.6 cm³/mol. The number of hydrazine groups is 1. The van der Waals surface area contributed by atoms with E-state index in [1.807, 2.05) is 25.3 Å². The van der Waals surface area contributed by atoms with Gasteiger partial charge in [0.15, 0.2) is 0 Å². The molecule has 0 saturated heterocycles. The molecule has 68 valence electrons. The van der Waals surface area contributed by atoms with Gasteiger partial charge in [-0.1, -0.05) is 0 Å². The Balaban J connectivity index is 2.48. The van der Waals surface area contributed by atoms with Crippen molar-refractivity contribution in [3.63, 3.8) is 0 Å². The molecule has 1 rings (SSSR count). The van der Waals surface area contributed by atoms with Gasteiger partial charge in [0.2, 0.25) is 0 Å². The minimum Gasteiger partial charge on any atom is -0.327 e. The van der Waals surface area contributed by atoms with Crippen LogP contribution in [0.5, 0.6) is 0 Å². The van der Waals surface area contributed by atoms with Crippen molar-refractivity contribution in [1.82, 2.24) is 10.4 Å². The number of nitrogens with zero attached hydrogens (tertiary/aromatic N) is 2. The lowest BCUT2D eigenvalue weighted by atomic mass is 10.1. The highest BCUT2D eigenvalue weighted by atomic mass is 15.5. The van der Waals surface area contributed by atoms with Crippen molar-refractivity contribution >= 4 is 5.84 Å². The van der Waals surface area contributed by atoms with E-state index in [-0.39, 0.29) is 0 Å². The van der Waals surface area contributed by atoms with Crippen LogP contribution in [0.15, 0.2) is 16.8 Å². The fourth-order valence-corrected chi connectivity index (χ4v) is 1.07. The molecule has 0 bridgehead atoms. The summed E-state index contributed by atoms with van der Waals surface area (Å²) in [6.07, 6.45) is 3.84. The van der Waals surface area contributed by atoms with Gasteiger partial charge in [-0.05, 0) is 12.0 Å². The molecule has 0 spiro atoms. The van der Waals surface area contributed by atoms with Gasteiger partial charge in [0.1, 0.15) is 5.84 Å². The minimum absolute atomic E-state index is 0.624. The molecule has 0 aliphatic carbocycles. The second kappa shape index (κ2) is 4.23. The lowest BCUT2D eigenvalue weighted by Crippen LogP contribution is -2.36. The molecule has 4 nitrogen and oxygen atoms in total. The summed E-state index contributed by atoms with van der Waals surface area (Å²) in [5.41, 5.74) is 9.83. The van der Waals surface area contributed by atoms with E-state index in [9.17, 15) is 0 Å². The van der Waals surface area contributed by atoms with Gasteiger partial charge in [0, 0.05) is 33.3 Å². The zero-order valence-corrected chi connectivity index (χ0v) is 7.67. The van der Waals surface area contributed by atoms with Gasteiger partial charge in [0.05, 0.1) is 0 Å². The Morgan fingerprint density at radius 2 is 2.33 bits per heavy atom. The van der Waals surface area contributed by atoms with Gasteiger partial charge in [-0.3, -0.25) is 0 Å². The fraction of sp³-hybridized carbons (Fsp3) is 0.625. The van der Waals surface area contributed by atoms with Gasteiger partial charge in [-0.25, -0.2) is 10.0 Å². The number of hydrogen-bond donors (Lipinski definition) is 2. The van der Waals surface area contributed by atoms with Gasteiger partial charge < -0.3 is 11.2 Å². The maximum atomic E-state index is 5.48. The van der Waals surface area contributed by atoms with E-state index in [1.165, 1.54) is 5.57 Å². The van der Waals surface area contributed by atoms with Crippen LogP contribution < -0.4 is 11.2 Å². The molecule has 0 radical (unpaired) electrons. The van der Waals surface area contributed by atoms with Crippen molar-refractivity contribution in [3.8, 4) is 0 Å². The maximum absolute atomic E-state index is 5.48. The number of hydrogen-bond acceptors (Lipinski definition) is 4. The molecule has 0 aromatic heterocycles. The molecule has 4 heteroatoms. The average Bonchev–Trinajstić information content (AvgIpc) is 2.05. The number of nitrogens with two attached hydrogens (primary N) is 1. The van der Waals surface area contributed by atoms with Crippen molar-refractivity contribution in [2.75, 3.05) is 20.6 Å². The van der Waals surface area contributed by atoms with Crippen molar-refractivity contribution in [1.29, 1.82) is 0 Å². The quantitative estimate of drug-likeness (QED) is 0.574. The summed E-state index contributed by atoms with van der Waals surface area (Å²) < 4.78 is 0. The van der Waals surface area contributed by atoms with Crippen molar-refractivity contribution in [2.24, 2.45) is 10.7 Å². The molecule has 0 aromatic carbocycles. The first-order chi connectivity index (χ1) is 5.72. The molecule has 12 heavy (non-hydrogen) atoms. The Hall–Kier alpha value is -0.870. The molecule has 1 aliphatic heterocycles. The third-order valence-corrected chi connectivity index (χ3v) is 1.70. The monoisotopic (exact) mass is 168 g/mol. The van der Waals surface area contributed by atoms with E-state index >= 15 is 0 Å². The van der Waals surface area contributed by atoms with Crippen LogP contribution in [0, 0.1) is 0 Å². The van der Waals surface area contributed by atoms with E-state index in [4.69, 9.17) is 5.73 Å². The Kier molecular flexibility index (Phi) is 3.25. The normalized spacial score (nSPS) is 17.3. The smallest absolute Gasteiger partial charge is 0.116 e. The Labute approximate surface area is 73.1 Å². The van der Waals surface area contributed by atoms with E-state index in [1.54, 1.807) is 0 Å². The summed E-state index contributed by atoms with van der Waals surface area (Å²) in [6.45, 7) is 0.624. The van der Waals surface area contributed by atoms with Crippen LogP contribution in [0.2, 0.25) is 0 Å². The summed E-state index contributed by atoms with van der Waals surface area (Å²) in [5.74, 6) is 1.01. The molecular weight excluding hydrogens is 152 g/mol. The van der Waals surface area contributed by atoms with Crippen LogP contribution in [0.3, 0.4) is 0 Å². The van der Waals surface area contributed by atoms with Gasteiger partial charge in [-0.2, -0.15) is 0 Å². The molecular formula is C8H16N4. The number of amidine groups is 1. The summed E-state index contributed by atoms with van der Waals surface area (Å²) in [7, 11) is 3.90. The predicted octanol–water partition coefficient (Wildman–Crippen LogP) is 0.0875. The average molecular weight is 168 g/mol. The third-order valence-electron chi connectivity index (χ3n) is 1.70. The molecule has 0 fully saturated rings. The first kappa shape index (κ1) is 9.22. The van der Waals surface area contributed by atoms with Crippen LogP contribution >= 0.6 is 0 Å². The van der Waals surface area contributed by atoms with E-state index in [0.29, 0.717) is 6.54 Å². The summed E-state index contributed by atoms with van der Waals surface area (Å²) in [4.78, 5) is 4.24. The Morgan fingerprint density at radius 1 is 1.58 bits per heavy atom. The standard InChI is InChI=1S/C8H16N4/c1-12(2)11-8-4-3-7(5-9)6-10-8/h6H,3-5,9H2,1-2H3,(H,10,11). The molecule has 0 atom stereocenters. The molecule has 1 heterocycles. The van der Waals surface area contributed by atoms with E-state index < -0.39 is 0 Å². The molecule has 0 saturated carbocycles. The molecule has 0 amide bonds. The summed E-state index contributed by atoms with van der Waals surface area (Å²) >= 11 is 0. The Bertz CT molecular complexity index is 205. The number of aliphatic imine (C=N–C) groups is 1. The third kappa shape index (κ3) is 2.64. The maximum Gasteiger partial charge on any atom is 0.116 e. The van der Waals surface area contributed by atoms with Gasteiger partial charge in [-0.15, -0.1) is 0 Å². The van der Waals surface area contributed by atoms with Crippen molar-refractivity contribution < 1.29 is 0 Å². The van der Waals surface area contributed by atoms with Crippen LogP contribution in [-0.4, -0.2) is 31.5 Å². The fourth-order valence-electron chi connectivity index (χ4n) is 1.07. The summed E-state index contributed by atoms with van der Waals surface area (Å²) in [5, 5.41) is 1.89. The van der Waals surface area contributed by atoms with Crippen LogP contribution in [0.1, 0.15) is 12.8 Å². The zero-order valence-electron chi connectivity index (χ0n) is 7.67. The summed E-state index contributed by atoms with van der Waals surface area (Å²) in [6, 6.07) is 0. The van der Waals surface area contributed by atoms with Crippen molar-refractivity contribution in [3.05, 3.63) is 11.8 Å². The second-order valence-corrected chi connectivity index (χ2v) is 3.07. The molecule has 3 N–H and O–H groups in total. The first-order valence-corrected chi connectivity index (χ1v) is 4.11. The van der Waals surface area contributed by atoms with E-state index in [2.05, 4.69) is 10.4 Å². The molecule has 1 aliphatic rings. The number of nitrogens with one attached hydrogen (secondary N) is 1. The lowest BCUT2D eigenvalue weighted by Gasteiger charge is -2.18. The van der Waals surface area contributed by atoms with Crippen LogP contribution in [0.25, 0.3) is 0 Å². The minimum atomic E-state index is 0.624. The van der Waals surface area contributed by atoms with E-state index in [0.717, 1.165) is 18.7 Å². The van der Waals surface area contributed by atoms with Gasteiger partial charge in [0.25, 0.3) is 0 Å². The van der Waals surface area contributed by atoms with Crippen molar-refractivity contribution in [2.45, 2.75) is 12.8 Å². The SMILES string of the molecule is CN(C)NC1=NC=C(CN)CC1. The highest BCUT2D eigenvalue weighted by Crippen LogP contribution is 2.09. The lowest BCUT2D eigenvalue weighted by molar-refractivity contribution is 0.358. The highest BCUT2D eigenvalue weighted by Gasteiger charge is 2.06. The van der Waals surface area contributed by atoms with Gasteiger partial charge >= 0.3 is 0 Å². The van der Waals surface area contributed by atoms with Crippen LogP contribution in [0.4, 0.5) is 0 Å². The molecule has 0 unspecified atom stereocenters. The largest absolute Gasteiger partial charge is 0.327 e.